The van der Waals surface area contributed by atoms with Gasteiger partial charge >= 0.3 is 11.9 Å². The van der Waals surface area contributed by atoms with E-state index in [9.17, 15) is 14.7 Å². The Labute approximate surface area is 123 Å². The highest BCUT2D eigenvalue weighted by molar-refractivity contribution is 5.87. The fourth-order valence-corrected chi connectivity index (χ4v) is 3.37. The van der Waals surface area contributed by atoms with Gasteiger partial charge in [-0.15, -0.1) is 0 Å². The molecule has 1 saturated carbocycles. The lowest BCUT2D eigenvalue weighted by atomic mass is 9.92. The van der Waals surface area contributed by atoms with Crippen molar-refractivity contribution in [3.8, 4) is 0 Å². The minimum absolute atomic E-state index is 0.255. The second-order valence-corrected chi connectivity index (χ2v) is 6.15. The number of hydrogen-bond donors (Lipinski definition) is 2. The van der Waals surface area contributed by atoms with E-state index in [4.69, 9.17) is 5.11 Å². The van der Waals surface area contributed by atoms with E-state index in [1.165, 1.54) is 0 Å². The van der Waals surface area contributed by atoms with Crippen molar-refractivity contribution < 1.29 is 19.8 Å². The van der Waals surface area contributed by atoms with Gasteiger partial charge in [0.25, 0.3) is 0 Å². The van der Waals surface area contributed by atoms with Crippen LogP contribution in [0.3, 0.4) is 0 Å². The Kier molecular flexibility index (Phi) is 3.68. The van der Waals surface area contributed by atoms with Crippen LogP contribution in [0, 0.1) is 17.8 Å². The van der Waals surface area contributed by atoms with E-state index >= 15 is 0 Å². The normalized spacial score (nSPS) is 25.9. The SMILES string of the molecule is O=C(O)c1cccc(CN2C[C@@H](C(=O)O)[C@H](C3CC3)C2)c1. The van der Waals surface area contributed by atoms with Crippen LogP contribution in [0.4, 0.5) is 0 Å². The molecule has 2 atom stereocenters. The van der Waals surface area contributed by atoms with Gasteiger partial charge in [0.05, 0.1) is 11.5 Å². The molecule has 2 aliphatic rings. The van der Waals surface area contributed by atoms with Crippen molar-refractivity contribution in [1.82, 2.24) is 4.90 Å². The number of nitrogens with zero attached hydrogens (tertiary/aromatic N) is 1. The van der Waals surface area contributed by atoms with E-state index in [1.807, 2.05) is 6.07 Å². The summed E-state index contributed by atoms with van der Waals surface area (Å²) >= 11 is 0. The maximum absolute atomic E-state index is 11.4. The molecule has 0 aromatic heterocycles. The minimum Gasteiger partial charge on any atom is -0.481 e. The number of carboxylic acids is 2. The number of carbonyl (C=O) groups is 2. The molecular formula is C16H19NO4. The molecule has 21 heavy (non-hydrogen) atoms. The average Bonchev–Trinajstić information content (AvgIpc) is 3.20. The molecule has 112 valence electrons. The van der Waals surface area contributed by atoms with E-state index in [0.717, 1.165) is 24.9 Å². The van der Waals surface area contributed by atoms with Crippen LogP contribution in [0.15, 0.2) is 24.3 Å². The van der Waals surface area contributed by atoms with E-state index in [2.05, 4.69) is 4.90 Å². The molecule has 1 saturated heterocycles. The van der Waals surface area contributed by atoms with Gasteiger partial charge in [-0.05, 0) is 42.4 Å². The molecule has 0 spiro atoms. The number of carboxylic acid groups (broad SMARTS) is 2. The summed E-state index contributed by atoms with van der Waals surface area (Å²) in [5.74, 6) is -1.09. The Bertz CT molecular complexity index is 567. The first kappa shape index (κ1) is 14.1. The van der Waals surface area contributed by atoms with Crippen LogP contribution in [-0.2, 0) is 11.3 Å². The highest BCUT2D eigenvalue weighted by Crippen LogP contribution is 2.44. The van der Waals surface area contributed by atoms with Gasteiger partial charge in [-0.3, -0.25) is 9.69 Å². The Morgan fingerprint density at radius 2 is 1.95 bits per heavy atom. The van der Waals surface area contributed by atoms with Crippen molar-refractivity contribution in [1.29, 1.82) is 0 Å². The van der Waals surface area contributed by atoms with Gasteiger partial charge in [0.15, 0.2) is 0 Å². The molecule has 0 unspecified atom stereocenters. The lowest BCUT2D eigenvalue weighted by Gasteiger charge is -2.16. The Hall–Kier alpha value is -1.88. The van der Waals surface area contributed by atoms with Crippen LogP contribution in [0.2, 0.25) is 0 Å². The van der Waals surface area contributed by atoms with Gasteiger partial charge in [0, 0.05) is 19.6 Å². The summed E-state index contributed by atoms with van der Waals surface area (Å²) in [6, 6.07) is 6.88. The number of rotatable bonds is 5. The summed E-state index contributed by atoms with van der Waals surface area (Å²) in [4.78, 5) is 24.5. The predicted octanol–water partition coefficient (Wildman–Crippen LogP) is 1.93. The third-order valence-corrected chi connectivity index (χ3v) is 4.57. The molecule has 1 heterocycles. The van der Waals surface area contributed by atoms with Gasteiger partial charge in [0.2, 0.25) is 0 Å². The van der Waals surface area contributed by atoms with Crippen molar-refractivity contribution in [3.63, 3.8) is 0 Å². The molecule has 5 nitrogen and oxygen atoms in total. The van der Waals surface area contributed by atoms with Crippen LogP contribution in [0.5, 0.6) is 0 Å². The van der Waals surface area contributed by atoms with E-state index in [0.29, 0.717) is 19.0 Å². The van der Waals surface area contributed by atoms with Crippen LogP contribution < -0.4 is 0 Å². The molecule has 2 fully saturated rings. The number of benzene rings is 1. The zero-order chi connectivity index (χ0) is 15.0. The van der Waals surface area contributed by atoms with Gasteiger partial charge < -0.3 is 10.2 Å². The highest BCUT2D eigenvalue weighted by atomic mass is 16.4. The van der Waals surface area contributed by atoms with Crippen molar-refractivity contribution >= 4 is 11.9 Å². The van der Waals surface area contributed by atoms with Crippen LogP contribution in [0.1, 0.15) is 28.8 Å². The Morgan fingerprint density at radius 3 is 2.57 bits per heavy atom. The van der Waals surface area contributed by atoms with Crippen LogP contribution in [-0.4, -0.2) is 40.1 Å². The monoisotopic (exact) mass is 289 g/mol. The lowest BCUT2D eigenvalue weighted by Crippen LogP contribution is -2.24. The number of likely N-dealkylation sites (tertiary alicyclic amines) is 1. The second kappa shape index (κ2) is 5.48. The Morgan fingerprint density at radius 1 is 1.19 bits per heavy atom. The summed E-state index contributed by atoms with van der Waals surface area (Å²) in [7, 11) is 0. The van der Waals surface area contributed by atoms with E-state index in [-0.39, 0.29) is 17.4 Å². The topological polar surface area (TPSA) is 77.8 Å². The maximum atomic E-state index is 11.4. The standard InChI is InChI=1S/C16H19NO4/c18-15(19)12-3-1-2-10(6-12)7-17-8-13(11-4-5-11)14(9-17)16(20)21/h1-3,6,11,13-14H,4-5,7-9H2,(H,18,19)(H,20,21)/t13-,14+/m0/s1. The van der Waals surface area contributed by atoms with Crippen molar-refractivity contribution in [2.45, 2.75) is 19.4 Å². The summed E-state index contributed by atoms with van der Waals surface area (Å²) in [6.07, 6.45) is 2.30. The van der Waals surface area contributed by atoms with Gasteiger partial charge in [-0.1, -0.05) is 12.1 Å². The Balaban J connectivity index is 1.69. The molecule has 3 rings (SSSR count). The first-order chi connectivity index (χ1) is 10.0. The van der Waals surface area contributed by atoms with Crippen LogP contribution >= 0.6 is 0 Å². The van der Waals surface area contributed by atoms with Crippen LogP contribution in [0.25, 0.3) is 0 Å². The summed E-state index contributed by atoms with van der Waals surface area (Å²) in [5.41, 5.74) is 1.20. The number of hydrogen-bond acceptors (Lipinski definition) is 3. The van der Waals surface area contributed by atoms with Gasteiger partial charge in [-0.2, -0.15) is 0 Å². The fraction of sp³-hybridized carbons (Fsp3) is 0.500. The molecule has 0 radical (unpaired) electrons. The van der Waals surface area contributed by atoms with Crippen molar-refractivity contribution in [2.24, 2.45) is 17.8 Å². The molecule has 1 aromatic rings. The first-order valence-electron chi connectivity index (χ1n) is 7.32. The highest BCUT2D eigenvalue weighted by Gasteiger charge is 2.45. The zero-order valence-electron chi connectivity index (χ0n) is 11.7. The molecule has 1 aromatic carbocycles. The maximum Gasteiger partial charge on any atom is 0.335 e. The predicted molar refractivity (Wildman–Crippen MR) is 76.0 cm³/mol. The lowest BCUT2D eigenvalue weighted by molar-refractivity contribution is -0.142. The van der Waals surface area contributed by atoms with Crippen molar-refractivity contribution in [2.75, 3.05) is 13.1 Å². The molecule has 2 N–H and O–H groups in total. The largest absolute Gasteiger partial charge is 0.481 e. The second-order valence-electron chi connectivity index (χ2n) is 6.15. The number of aliphatic carboxylic acids is 1. The summed E-state index contributed by atoms with van der Waals surface area (Å²) in [6.45, 7) is 1.99. The van der Waals surface area contributed by atoms with Gasteiger partial charge in [-0.25, -0.2) is 4.79 Å². The molecule has 1 aliphatic heterocycles. The number of aromatic carboxylic acids is 1. The summed E-state index contributed by atoms with van der Waals surface area (Å²) < 4.78 is 0. The van der Waals surface area contributed by atoms with Gasteiger partial charge in [0.1, 0.15) is 0 Å². The molecule has 0 bridgehead atoms. The van der Waals surface area contributed by atoms with E-state index < -0.39 is 11.9 Å². The van der Waals surface area contributed by atoms with E-state index in [1.54, 1.807) is 18.2 Å². The van der Waals surface area contributed by atoms with Crippen molar-refractivity contribution in [3.05, 3.63) is 35.4 Å². The first-order valence-corrected chi connectivity index (χ1v) is 7.32. The molecule has 5 heteroatoms. The third-order valence-electron chi connectivity index (χ3n) is 4.57. The average molecular weight is 289 g/mol. The minimum atomic E-state index is -0.933. The summed E-state index contributed by atoms with van der Waals surface area (Å²) in [5, 5.41) is 18.4. The molecular weight excluding hydrogens is 270 g/mol. The third kappa shape index (κ3) is 3.08. The zero-order valence-corrected chi connectivity index (χ0v) is 11.7. The smallest absolute Gasteiger partial charge is 0.335 e. The molecule has 1 aliphatic carbocycles. The fourth-order valence-electron chi connectivity index (χ4n) is 3.37. The molecule has 0 amide bonds. The quantitative estimate of drug-likeness (QED) is 0.866.